The van der Waals surface area contributed by atoms with Crippen molar-refractivity contribution >= 4 is 5.97 Å². The third-order valence-electron chi connectivity index (χ3n) is 3.45. The minimum Gasteiger partial charge on any atom is -0.462 e. The molecule has 0 fully saturated rings. The maximum Gasteiger partial charge on any atom is 0.338 e. The van der Waals surface area contributed by atoms with Crippen molar-refractivity contribution in [1.82, 2.24) is 4.57 Å². The minimum atomic E-state index is -0.372. The molecule has 5 heteroatoms. The zero-order valence-electron chi connectivity index (χ0n) is 13.2. The predicted octanol–water partition coefficient (Wildman–Crippen LogP) is 2.64. The molecule has 0 unspecified atom stereocenters. The molecule has 5 nitrogen and oxygen atoms in total. The summed E-state index contributed by atoms with van der Waals surface area (Å²) in [6.45, 7) is 4.42. The molecule has 0 aliphatic carbocycles. The number of nitriles is 1. The van der Waals surface area contributed by atoms with Gasteiger partial charge in [-0.15, -0.1) is 0 Å². The highest BCUT2D eigenvalue weighted by Gasteiger charge is 2.10. The number of ether oxygens (including phenoxy) is 1. The van der Waals surface area contributed by atoms with Crippen LogP contribution in [-0.4, -0.2) is 17.1 Å². The van der Waals surface area contributed by atoms with Crippen LogP contribution in [0.15, 0.2) is 41.2 Å². The van der Waals surface area contributed by atoms with E-state index in [0.717, 1.165) is 17.7 Å². The van der Waals surface area contributed by atoms with Crippen molar-refractivity contribution in [2.75, 3.05) is 6.61 Å². The Morgan fingerprint density at radius 1 is 1.30 bits per heavy atom. The van der Waals surface area contributed by atoms with Crippen molar-refractivity contribution in [2.24, 2.45) is 0 Å². The van der Waals surface area contributed by atoms with Crippen LogP contribution in [0.5, 0.6) is 0 Å². The summed E-state index contributed by atoms with van der Waals surface area (Å²) in [5.74, 6) is -0.372. The fourth-order valence-corrected chi connectivity index (χ4v) is 2.21. The van der Waals surface area contributed by atoms with Crippen LogP contribution in [0.2, 0.25) is 0 Å². The van der Waals surface area contributed by atoms with Crippen LogP contribution in [-0.2, 0) is 11.3 Å². The second-order valence-electron chi connectivity index (χ2n) is 5.23. The van der Waals surface area contributed by atoms with E-state index in [-0.39, 0.29) is 17.1 Å². The molecule has 2 aromatic rings. The molecule has 2 rings (SSSR count). The van der Waals surface area contributed by atoms with Gasteiger partial charge in [-0.1, -0.05) is 19.1 Å². The van der Waals surface area contributed by atoms with Crippen LogP contribution >= 0.6 is 0 Å². The van der Waals surface area contributed by atoms with Crippen LogP contribution in [0, 0.1) is 18.3 Å². The number of carbonyl (C=O) groups excluding carboxylic acids is 1. The fourth-order valence-electron chi connectivity index (χ4n) is 2.21. The molecule has 0 amide bonds. The SMILES string of the molecule is CCCOC(=O)c1cccc(Cn2c(C)ccc(C#N)c2=O)c1. The molecule has 0 bridgehead atoms. The Labute approximate surface area is 134 Å². The van der Waals surface area contributed by atoms with E-state index < -0.39 is 0 Å². The predicted molar refractivity (Wildman–Crippen MR) is 86.3 cm³/mol. The van der Waals surface area contributed by atoms with E-state index in [0.29, 0.717) is 18.7 Å². The molecule has 0 aliphatic heterocycles. The first-order valence-corrected chi connectivity index (χ1v) is 7.43. The first-order chi connectivity index (χ1) is 11.1. The van der Waals surface area contributed by atoms with Gasteiger partial charge in [-0.2, -0.15) is 5.26 Å². The normalized spacial score (nSPS) is 10.1. The van der Waals surface area contributed by atoms with Gasteiger partial charge >= 0.3 is 5.97 Å². The first kappa shape index (κ1) is 16.5. The fraction of sp³-hybridized carbons (Fsp3) is 0.278. The van der Waals surface area contributed by atoms with Crippen molar-refractivity contribution in [3.05, 3.63) is 69.1 Å². The van der Waals surface area contributed by atoms with Crippen molar-refractivity contribution < 1.29 is 9.53 Å². The number of hydrogen-bond donors (Lipinski definition) is 0. The van der Waals surface area contributed by atoms with Gasteiger partial charge in [0.05, 0.1) is 18.7 Å². The largest absolute Gasteiger partial charge is 0.462 e. The quantitative estimate of drug-likeness (QED) is 0.796. The van der Waals surface area contributed by atoms with Crippen LogP contribution in [0.1, 0.15) is 40.5 Å². The summed E-state index contributed by atoms with van der Waals surface area (Å²) >= 11 is 0. The number of rotatable bonds is 5. The number of aromatic nitrogens is 1. The van der Waals surface area contributed by atoms with Crippen molar-refractivity contribution in [3.8, 4) is 6.07 Å². The number of benzene rings is 1. The molecule has 0 spiro atoms. The number of pyridine rings is 1. The summed E-state index contributed by atoms with van der Waals surface area (Å²) in [7, 11) is 0. The summed E-state index contributed by atoms with van der Waals surface area (Å²) in [6, 6.07) is 12.1. The number of hydrogen-bond acceptors (Lipinski definition) is 4. The van der Waals surface area contributed by atoms with E-state index in [4.69, 9.17) is 10.00 Å². The number of aryl methyl sites for hydroxylation is 1. The van der Waals surface area contributed by atoms with Crippen molar-refractivity contribution in [3.63, 3.8) is 0 Å². The number of esters is 1. The van der Waals surface area contributed by atoms with Crippen LogP contribution in [0.25, 0.3) is 0 Å². The topological polar surface area (TPSA) is 72.1 Å². The molecule has 1 aromatic heterocycles. The van der Waals surface area contributed by atoms with E-state index >= 15 is 0 Å². The van der Waals surface area contributed by atoms with Crippen LogP contribution in [0.3, 0.4) is 0 Å². The molecule has 1 aromatic carbocycles. The second-order valence-corrected chi connectivity index (χ2v) is 5.23. The van der Waals surface area contributed by atoms with Gasteiger partial charge in [0.2, 0.25) is 0 Å². The lowest BCUT2D eigenvalue weighted by Gasteiger charge is -2.11. The Morgan fingerprint density at radius 3 is 2.78 bits per heavy atom. The summed E-state index contributed by atoms with van der Waals surface area (Å²) < 4.78 is 6.64. The van der Waals surface area contributed by atoms with Gasteiger partial charge in [0.25, 0.3) is 5.56 Å². The second kappa shape index (κ2) is 7.41. The molecule has 0 N–H and O–H groups in total. The summed E-state index contributed by atoms with van der Waals surface area (Å²) in [5.41, 5.74) is 1.79. The Balaban J connectivity index is 2.30. The van der Waals surface area contributed by atoms with Gasteiger partial charge in [0, 0.05) is 5.69 Å². The third-order valence-corrected chi connectivity index (χ3v) is 3.45. The lowest BCUT2D eigenvalue weighted by molar-refractivity contribution is 0.0505. The zero-order valence-corrected chi connectivity index (χ0v) is 13.2. The summed E-state index contributed by atoms with van der Waals surface area (Å²) in [5, 5.41) is 8.97. The van der Waals surface area contributed by atoms with E-state index in [2.05, 4.69) is 0 Å². The first-order valence-electron chi connectivity index (χ1n) is 7.43. The Bertz CT molecular complexity index is 816. The molecule has 118 valence electrons. The highest BCUT2D eigenvalue weighted by Crippen LogP contribution is 2.10. The molecule has 0 atom stereocenters. The van der Waals surface area contributed by atoms with Gasteiger partial charge < -0.3 is 9.30 Å². The van der Waals surface area contributed by atoms with Gasteiger partial charge in [-0.05, 0) is 43.2 Å². The molecule has 0 aliphatic rings. The minimum absolute atomic E-state index is 0.106. The summed E-state index contributed by atoms with van der Waals surface area (Å²) in [4.78, 5) is 24.1. The van der Waals surface area contributed by atoms with Gasteiger partial charge in [-0.3, -0.25) is 4.79 Å². The highest BCUT2D eigenvalue weighted by molar-refractivity contribution is 5.89. The number of nitrogens with zero attached hydrogens (tertiary/aromatic N) is 2. The van der Waals surface area contributed by atoms with E-state index in [1.807, 2.05) is 26.0 Å². The maximum atomic E-state index is 12.2. The zero-order chi connectivity index (χ0) is 16.8. The van der Waals surface area contributed by atoms with E-state index in [1.165, 1.54) is 10.6 Å². The molecule has 1 heterocycles. The Kier molecular flexibility index (Phi) is 5.32. The van der Waals surface area contributed by atoms with E-state index in [9.17, 15) is 9.59 Å². The average molecular weight is 310 g/mol. The third kappa shape index (κ3) is 3.86. The van der Waals surface area contributed by atoms with Gasteiger partial charge in [0.1, 0.15) is 11.6 Å². The molecule has 0 radical (unpaired) electrons. The lowest BCUT2D eigenvalue weighted by atomic mass is 10.1. The van der Waals surface area contributed by atoms with E-state index in [1.54, 1.807) is 24.3 Å². The average Bonchev–Trinajstić information content (AvgIpc) is 2.57. The molecule has 0 saturated carbocycles. The Hall–Kier alpha value is -2.87. The highest BCUT2D eigenvalue weighted by atomic mass is 16.5. The van der Waals surface area contributed by atoms with Crippen LogP contribution in [0.4, 0.5) is 0 Å². The molecule has 23 heavy (non-hydrogen) atoms. The van der Waals surface area contributed by atoms with Gasteiger partial charge in [-0.25, -0.2) is 4.79 Å². The molecular formula is C18H18N2O3. The summed E-state index contributed by atoms with van der Waals surface area (Å²) in [6.07, 6.45) is 0.765. The standard InChI is InChI=1S/C18H18N2O3/c1-3-9-23-18(22)15-6-4-5-14(10-15)12-20-13(2)7-8-16(11-19)17(20)21/h4-8,10H,3,9,12H2,1-2H3. The smallest absolute Gasteiger partial charge is 0.338 e. The maximum absolute atomic E-state index is 12.2. The van der Waals surface area contributed by atoms with Crippen molar-refractivity contribution in [1.29, 1.82) is 5.26 Å². The van der Waals surface area contributed by atoms with Crippen molar-refractivity contribution in [2.45, 2.75) is 26.8 Å². The number of carbonyl (C=O) groups is 1. The lowest BCUT2D eigenvalue weighted by Crippen LogP contribution is -2.25. The molecular weight excluding hydrogens is 292 g/mol. The van der Waals surface area contributed by atoms with Crippen LogP contribution < -0.4 is 5.56 Å². The molecule has 0 saturated heterocycles. The monoisotopic (exact) mass is 310 g/mol. The Morgan fingerprint density at radius 2 is 2.09 bits per heavy atom. The van der Waals surface area contributed by atoms with Gasteiger partial charge in [0.15, 0.2) is 0 Å².